The van der Waals surface area contributed by atoms with Crippen molar-refractivity contribution in [2.45, 2.75) is 46.0 Å². The van der Waals surface area contributed by atoms with Crippen molar-refractivity contribution in [1.29, 1.82) is 0 Å². The normalized spacial score (nSPS) is 13.0. The van der Waals surface area contributed by atoms with Crippen molar-refractivity contribution in [2.24, 2.45) is 5.92 Å². The van der Waals surface area contributed by atoms with E-state index in [1.807, 2.05) is 0 Å². The van der Waals surface area contributed by atoms with Gasteiger partial charge in [0.15, 0.2) is 0 Å². The largest absolute Gasteiger partial charge is 0.303 e. The standard InChI is InChI=1S/C9H18O/c1-3-5-6-7-9(4-2)8-10/h8-9H,3-7H2,1-2H3. The number of hydrogen-bond donors (Lipinski definition) is 0. The molecule has 1 unspecified atom stereocenters. The molecule has 60 valence electrons. The lowest BCUT2D eigenvalue weighted by atomic mass is 10.0. The van der Waals surface area contributed by atoms with Gasteiger partial charge in [0.1, 0.15) is 6.29 Å². The third-order valence-corrected chi connectivity index (χ3v) is 1.90. The molecule has 0 aromatic carbocycles. The lowest BCUT2D eigenvalue weighted by Gasteiger charge is -2.04. The molecule has 0 aromatic rings. The van der Waals surface area contributed by atoms with E-state index in [1.54, 1.807) is 0 Å². The summed E-state index contributed by atoms with van der Waals surface area (Å²) in [5.74, 6) is 0.326. The molecule has 0 spiro atoms. The Hall–Kier alpha value is -0.330. The average molecular weight is 142 g/mol. The van der Waals surface area contributed by atoms with E-state index in [0.717, 1.165) is 19.1 Å². The molecule has 0 aliphatic carbocycles. The number of carbonyl (C=O) groups is 1. The van der Waals surface area contributed by atoms with Crippen molar-refractivity contribution < 1.29 is 4.79 Å². The van der Waals surface area contributed by atoms with Crippen molar-refractivity contribution in [2.75, 3.05) is 0 Å². The van der Waals surface area contributed by atoms with Crippen molar-refractivity contribution >= 4 is 6.29 Å². The second-order valence-corrected chi connectivity index (χ2v) is 2.80. The van der Waals surface area contributed by atoms with Crippen LogP contribution in [0.3, 0.4) is 0 Å². The molecule has 0 fully saturated rings. The zero-order valence-corrected chi connectivity index (χ0v) is 7.10. The van der Waals surface area contributed by atoms with E-state index in [1.165, 1.54) is 19.3 Å². The van der Waals surface area contributed by atoms with Gasteiger partial charge in [-0.3, -0.25) is 0 Å². The van der Waals surface area contributed by atoms with Gasteiger partial charge in [0, 0.05) is 5.92 Å². The van der Waals surface area contributed by atoms with Crippen molar-refractivity contribution in [3.05, 3.63) is 0 Å². The van der Waals surface area contributed by atoms with Gasteiger partial charge in [-0.05, 0) is 12.8 Å². The number of aldehydes is 1. The highest BCUT2D eigenvalue weighted by Gasteiger charge is 2.01. The molecule has 0 aliphatic heterocycles. The molecule has 0 aromatic heterocycles. The molecule has 10 heavy (non-hydrogen) atoms. The Kier molecular flexibility index (Phi) is 6.56. The number of hydrogen-bond acceptors (Lipinski definition) is 1. The van der Waals surface area contributed by atoms with E-state index in [0.29, 0.717) is 5.92 Å². The minimum Gasteiger partial charge on any atom is -0.303 e. The Bertz CT molecular complexity index is 78.8. The molecule has 1 atom stereocenters. The second kappa shape index (κ2) is 6.79. The van der Waals surface area contributed by atoms with Gasteiger partial charge >= 0.3 is 0 Å². The highest BCUT2D eigenvalue weighted by molar-refractivity contribution is 5.53. The fourth-order valence-corrected chi connectivity index (χ4v) is 1.02. The minimum absolute atomic E-state index is 0.326. The SMILES string of the molecule is CCCCCC(C=O)CC. The van der Waals surface area contributed by atoms with Crippen molar-refractivity contribution in [3.8, 4) is 0 Å². The maximum atomic E-state index is 10.3. The molecule has 0 radical (unpaired) electrons. The summed E-state index contributed by atoms with van der Waals surface area (Å²) in [5, 5.41) is 0. The van der Waals surface area contributed by atoms with Gasteiger partial charge in [-0.15, -0.1) is 0 Å². The van der Waals surface area contributed by atoms with Gasteiger partial charge in [-0.1, -0.05) is 33.1 Å². The maximum Gasteiger partial charge on any atom is 0.123 e. The van der Waals surface area contributed by atoms with E-state index >= 15 is 0 Å². The first-order valence-electron chi connectivity index (χ1n) is 4.30. The van der Waals surface area contributed by atoms with E-state index in [9.17, 15) is 4.79 Å². The molecular formula is C9H18O. The van der Waals surface area contributed by atoms with E-state index in [4.69, 9.17) is 0 Å². The van der Waals surface area contributed by atoms with Crippen LogP contribution < -0.4 is 0 Å². The number of rotatable bonds is 6. The van der Waals surface area contributed by atoms with Crippen LogP contribution in [0.15, 0.2) is 0 Å². The maximum absolute atomic E-state index is 10.3. The Morgan fingerprint density at radius 1 is 1.30 bits per heavy atom. The molecule has 0 saturated carbocycles. The van der Waals surface area contributed by atoms with Crippen LogP contribution in [0.25, 0.3) is 0 Å². The first kappa shape index (κ1) is 9.67. The van der Waals surface area contributed by atoms with Crippen molar-refractivity contribution in [3.63, 3.8) is 0 Å². The summed E-state index contributed by atoms with van der Waals surface area (Å²) in [6.07, 6.45) is 6.92. The van der Waals surface area contributed by atoms with Gasteiger partial charge < -0.3 is 4.79 Å². The van der Waals surface area contributed by atoms with Crippen LogP contribution in [0, 0.1) is 5.92 Å². The van der Waals surface area contributed by atoms with Gasteiger partial charge in [-0.2, -0.15) is 0 Å². The second-order valence-electron chi connectivity index (χ2n) is 2.80. The zero-order valence-electron chi connectivity index (χ0n) is 7.10. The molecule has 0 bridgehead atoms. The molecule has 1 nitrogen and oxygen atoms in total. The van der Waals surface area contributed by atoms with Gasteiger partial charge in [0.25, 0.3) is 0 Å². The lowest BCUT2D eigenvalue weighted by Crippen LogP contribution is -1.99. The summed E-state index contributed by atoms with van der Waals surface area (Å²) in [6, 6.07) is 0. The van der Waals surface area contributed by atoms with Crippen LogP contribution in [0.1, 0.15) is 46.0 Å². The molecule has 0 aliphatic rings. The van der Waals surface area contributed by atoms with Crippen LogP contribution in [0.2, 0.25) is 0 Å². The van der Waals surface area contributed by atoms with Crippen LogP contribution in [-0.4, -0.2) is 6.29 Å². The molecule has 0 N–H and O–H groups in total. The van der Waals surface area contributed by atoms with Gasteiger partial charge in [0.05, 0.1) is 0 Å². The highest BCUT2D eigenvalue weighted by atomic mass is 16.1. The van der Waals surface area contributed by atoms with Crippen molar-refractivity contribution in [1.82, 2.24) is 0 Å². The topological polar surface area (TPSA) is 17.1 Å². The van der Waals surface area contributed by atoms with E-state index < -0.39 is 0 Å². The number of carbonyl (C=O) groups excluding carboxylic acids is 1. The smallest absolute Gasteiger partial charge is 0.123 e. The fourth-order valence-electron chi connectivity index (χ4n) is 1.02. The van der Waals surface area contributed by atoms with E-state index in [-0.39, 0.29) is 0 Å². The third-order valence-electron chi connectivity index (χ3n) is 1.90. The zero-order chi connectivity index (χ0) is 7.82. The summed E-state index contributed by atoms with van der Waals surface area (Å²) >= 11 is 0. The number of unbranched alkanes of at least 4 members (excludes halogenated alkanes) is 2. The van der Waals surface area contributed by atoms with Gasteiger partial charge in [-0.25, -0.2) is 0 Å². The Morgan fingerprint density at radius 3 is 2.40 bits per heavy atom. The minimum atomic E-state index is 0.326. The third kappa shape index (κ3) is 4.54. The van der Waals surface area contributed by atoms with Gasteiger partial charge in [0.2, 0.25) is 0 Å². The predicted octanol–water partition coefficient (Wildman–Crippen LogP) is 2.79. The fraction of sp³-hybridized carbons (Fsp3) is 0.889. The molecular weight excluding hydrogens is 124 g/mol. The first-order valence-corrected chi connectivity index (χ1v) is 4.30. The summed E-state index contributed by atoms with van der Waals surface area (Å²) < 4.78 is 0. The Labute approximate surface area is 63.8 Å². The van der Waals surface area contributed by atoms with Crippen LogP contribution in [-0.2, 0) is 4.79 Å². The Balaban J connectivity index is 3.17. The van der Waals surface area contributed by atoms with E-state index in [2.05, 4.69) is 13.8 Å². The first-order chi connectivity index (χ1) is 4.85. The summed E-state index contributed by atoms with van der Waals surface area (Å²) in [4.78, 5) is 10.3. The summed E-state index contributed by atoms with van der Waals surface area (Å²) in [6.45, 7) is 4.26. The molecule has 0 heterocycles. The Morgan fingerprint density at radius 2 is 2.00 bits per heavy atom. The van der Waals surface area contributed by atoms with Crippen LogP contribution >= 0.6 is 0 Å². The summed E-state index contributed by atoms with van der Waals surface area (Å²) in [7, 11) is 0. The molecule has 1 heteroatoms. The molecule has 0 amide bonds. The molecule has 0 rings (SSSR count). The quantitative estimate of drug-likeness (QED) is 0.411. The lowest BCUT2D eigenvalue weighted by molar-refractivity contribution is -0.111. The predicted molar refractivity (Wildman–Crippen MR) is 44.0 cm³/mol. The van der Waals surface area contributed by atoms with Crippen LogP contribution in [0.5, 0.6) is 0 Å². The molecule has 0 saturated heterocycles. The average Bonchev–Trinajstić information content (AvgIpc) is 1.99. The summed E-state index contributed by atoms with van der Waals surface area (Å²) in [5.41, 5.74) is 0. The monoisotopic (exact) mass is 142 g/mol. The highest BCUT2D eigenvalue weighted by Crippen LogP contribution is 2.10. The van der Waals surface area contributed by atoms with Crippen LogP contribution in [0.4, 0.5) is 0 Å².